The number of furan rings is 1. The van der Waals surface area contributed by atoms with E-state index in [1.807, 2.05) is 29.9 Å². The Hall–Kier alpha value is -1.59. The van der Waals surface area contributed by atoms with E-state index in [4.69, 9.17) is 9.15 Å². The first-order valence-electron chi connectivity index (χ1n) is 9.13. The van der Waals surface area contributed by atoms with Gasteiger partial charge in [0.2, 0.25) is 0 Å². The van der Waals surface area contributed by atoms with Gasteiger partial charge in [0.25, 0.3) is 0 Å². The van der Waals surface area contributed by atoms with Gasteiger partial charge < -0.3 is 19.8 Å². The lowest BCUT2D eigenvalue weighted by atomic mass is 10.3. The van der Waals surface area contributed by atoms with Crippen molar-refractivity contribution in [1.29, 1.82) is 0 Å². The molecule has 9 heteroatoms. The number of nitrogens with zero attached hydrogens (tertiary/aromatic N) is 4. The fourth-order valence-electron chi connectivity index (χ4n) is 2.81. The molecule has 1 fully saturated rings. The van der Waals surface area contributed by atoms with Gasteiger partial charge in [-0.1, -0.05) is 0 Å². The van der Waals surface area contributed by atoms with Crippen molar-refractivity contribution in [1.82, 2.24) is 25.3 Å². The van der Waals surface area contributed by atoms with Crippen LogP contribution < -0.4 is 10.6 Å². The molecule has 2 N–H and O–H groups in total. The highest BCUT2D eigenvalue weighted by Gasteiger charge is 2.10. The van der Waals surface area contributed by atoms with E-state index in [2.05, 4.69) is 25.6 Å². The molecule has 3 rings (SSSR count). The molecule has 1 aliphatic heterocycles. The van der Waals surface area contributed by atoms with Crippen molar-refractivity contribution < 1.29 is 9.15 Å². The summed E-state index contributed by atoms with van der Waals surface area (Å²) in [7, 11) is 1.93. The molecule has 2 aromatic heterocycles. The fraction of sp³-hybridized carbons (Fsp3) is 0.556. The summed E-state index contributed by atoms with van der Waals surface area (Å²) in [6.07, 6.45) is 4.32. The molecule has 0 aliphatic carbocycles. The predicted octanol–water partition coefficient (Wildman–Crippen LogP) is 1.24. The third-order valence-corrected chi connectivity index (χ3v) is 4.39. The molecule has 0 saturated carbocycles. The molecular weight excluding hydrogens is 459 g/mol. The summed E-state index contributed by atoms with van der Waals surface area (Å²) in [6.45, 7) is 6.81. The third-order valence-electron chi connectivity index (χ3n) is 4.39. The van der Waals surface area contributed by atoms with Crippen LogP contribution in [0.4, 0.5) is 0 Å². The molecule has 0 radical (unpaired) electrons. The van der Waals surface area contributed by atoms with Crippen LogP contribution in [0.3, 0.4) is 0 Å². The number of aromatic nitrogens is 2. The Morgan fingerprint density at radius 3 is 2.74 bits per heavy atom. The van der Waals surface area contributed by atoms with Crippen LogP contribution in [0.5, 0.6) is 0 Å². The molecule has 0 unspecified atom stereocenters. The predicted molar refractivity (Wildman–Crippen MR) is 115 cm³/mol. The highest BCUT2D eigenvalue weighted by Crippen LogP contribution is 2.01. The van der Waals surface area contributed by atoms with Crippen LogP contribution in [0.2, 0.25) is 0 Å². The van der Waals surface area contributed by atoms with Gasteiger partial charge in [-0.05, 0) is 18.2 Å². The number of rotatable bonds is 8. The molecular formula is C18H29IN6O2. The number of ether oxygens (including phenoxy) is 1. The third kappa shape index (κ3) is 7.51. The topological polar surface area (TPSA) is 79.8 Å². The van der Waals surface area contributed by atoms with Crippen molar-refractivity contribution in [2.24, 2.45) is 12.0 Å². The van der Waals surface area contributed by atoms with E-state index in [-0.39, 0.29) is 24.0 Å². The number of halogens is 1. The van der Waals surface area contributed by atoms with E-state index in [9.17, 15) is 0 Å². The zero-order valence-electron chi connectivity index (χ0n) is 15.8. The smallest absolute Gasteiger partial charge is 0.191 e. The standard InChI is InChI=1S/C18H28N6O2.HI/c1-23-16(4-7-22-23)15-21-18(19-6-5-17-3-2-12-26-17)20-8-9-24-10-13-25-14-11-24;/h2-4,7,12H,5-6,8-11,13-15H2,1H3,(H2,19,20,21);1H. The van der Waals surface area contributed by atoms with Crippen molar-refractivity contribution >= 4 is 29.9 Å². The zero-order chi connectivity index (χ0) is 18.0. The summed E-state index contributed by atoms with van der Waals surface area (Å²) in [5.74, 6) is 1.78. The number of aliphatic imine (C=N–C) groups is 1. The molecule has 1 aliphatic rings. The van der Waals surface area contributed by atoms with Crippen LogP contribution >= 0.6 is 24.0 Å². The SMILES string of the molecule is Cn1nccc1CN=C(NCCc1ccco1)NCCN1CCOCC1.I. The second kappa shape index (κ2) is 12.0. The van der Waals surface area contributed by atoms with Crippen LogP contribution in [0, 0.1) is 0 Å². The summed E-state index contributed by atoms with van der Waals surface area (Å²) < 4.78 is 12.6. The van der Waals surface area contributed by atoms with E-state index in [0.717, 1.165) is 69.8 Å². The van der Waals surface area contributed by atoms with Gasteiger partial charge in [-0.2, -0.15) is 5.10 Å². The second-order valence-corrected chi connectivity index (χ2v) is 6.25. The molecule has 0 atom stereocenters. The van der Waals surface area contributed by atoms with Crippen molar-refractivity contribution in [3.05, 3.63) is 42.1 Å². The molecule has 0 amide bonds. The first kappa shape index (κ1) is 21.7. The van der Waals surface area contributed by atoms with E-state index in [1.165, 1.54) is 0 Å². The van der Waals surface area contributed by atoms with Crippen molar-refractivity contribution in [3.63, 3.8) is 0 Å². The van der Waals surface area contributed by atoms with E-state index < -0.39 is 0 Å². The van der Waals surface area contributed by atoms with Gasteiger partial charge in [-0.15, -0.1) is 24.0 Å². The lowest BCUT2D eigenvalue weighted by Gasteiger charge is -2.26. The molecule has 150 valence electrons. The molecule has 0 bridgehead atoms. The number of hydrogen-bond donors (Lipinski definition) is 2. The van der Waals surface area contributed by atoms with Gasteiger partial charge in [0, 0.05) is 52.4 Å². The molecule has 2 aromatic rings. The molecule has 8 nitrogen and oxygen atoms in total. The van der Waals surface area contributed by atoms with Gasteiger partial charge in [-0.3, -0.25) is 9.58 Å². The Kier molecular flexibility index (Phi) is 9.64. The summed E-state index contributed by atoms with van der Waals surface area (Å²) in [5.41, 5.74) is 1.07. The van der Waals surface area contributed by atoms with E-state index in [1.54, 1.807) is 12.5 Å². The molecule has 27 heavy (non-hydrogen) atoms. The van der Waals surface area contributed by atoms with Crippen LogP contribution in [0.15, 0.2) is 40.1 Å². The average Bonchev–Trinajstić information content (AvgIpc) is 3.32. The number of aryl methyl sites for hydroxylation is 1. The van der Waals surface area contributed by atoms with E-state index >= 15 is 0 Å². The monoisotopic (exact) mass is 488 g/mol. The average molecular weight is 488 g/mol. The van der Waals surface area contributed by atoms with Gasteiger partial charge in [0.05, 0.1) is 31.7 Å². The lowest BCUT2D eigenvalue weighted by Crippen LogP contribution is -2.44. The van der Waals surface area contributed by atoms with Crippen molar-refractivity contribution in [2.45, 2.75) is 13.0 Å². The molecule has 0 aromatic carbocycles. The fourth-order valence-corrected chi connectivity index (χ4v) is 2.81. The minimum atomic E-state index is 0. The quantitative estimate of drug-likeness (QED) is 0.331. The van der Waals surface area contributed by atoms with Gasteiger partial charge >= 0.3 is 0 Å². The summed E-state index contributed by atoms with van der Waals surface area (Å²) in [6, 6.07) is 5.88. The van der Waals surface area contributed by atoms with Gasteiger partial charge in [0.1, 0.15) is 5.76 Å². The minimum absolute atomic E-state index is 0. The summed E-state index contributed by atoms with van der Waals surface area (Å²) in [4.78, 5) is 7.09. The Morgan fingerprint density at radius 1 is 1.22 bits per heavy atom. The Balaban J connectivity index is 0.00000261. The maximum absolute atomic E-state index is 5.39. The highest BCUT2D eigenvalue weighted by atomic mass is 127. The maximum atomic E-state index is 5.39. The zero-order valence-corrected chi connectivity index (χ0v) is 18.1. The van der Waals surface area contributed by atoms with Gasteiger partial charge in [0.15, 0.2) is 5.96 Å². The Labute approximate surface area is 177 Å². The molecule has 0 spiro atoms. The number of hydrogen-bond acceptors (Lipinski definition) is 5. The first-order chi connectivity index (χ1) is 12.8. The van der Waals surface area contributed by atoms with Crippen LogP contribution in [0.1, 0.15) is 11.5 Å². The Morgan fingerprint density at radius 2 is 2.04 bits per heavy atom. The first-order valence-corrected chi connectivity index (χ1v) is 9.13. The molecule has 3 heterocycles. The highest BCUT2D eigenvalue weighted by molar-refractivity contribution is 14.0. The normalized spacial score (nSPS) is 15.4. The minimum Gasteiger partial charge on any atom is -0.469 e. The number of guanidine groups is 1. The summed E-state index contributed by atoms with van der Waals surface area (Å²) >= 11 is 0. The van der Waals surface area contributed by atoms with Crippen LogP contribution in [-0.2, 0) is 24.8 Å². The number of nitrogens with one attached hydrogen (secondary N) is 2. The second-order valence-electron chi connectivity index (χ2n) is 6.25. The van der Waals surface area contributed by atoms with Crippen LogP contribution in [-0.4, -0.2) is 66.6 Å². The Bertz CT molecular complexity index is 667. The summed E-state index contributed by atoms with van der Waals surface area (Å²) in [5, 5.41) is 11.0. The van der Waals surface area contributed by atoms with Crippen LogP contribution in [0.25, 0.3) is 0 Å². The molecule has 1 saturated heterocycles. The number of morpholine rings is 1. The maximum Gasteiger partial charge on any atom is 0.191 e. The largest absolute Gasteiger partial charge is 0.469 e. The van der Waals surface area contributed by atoms with E-state index in [0.29, 0.717) is 6.54 Å². The lowest BCUT2D eigenvalue weighted by molar-refractivity contribution is 0.0389. The van der Waals surface area contributed by atoms with Gasteiger partial charge in [-0.25, -0.2) is 4.99 Å². The van der Waals surface area contributed by atoms with Crippen molar-refractivity contribution in [2.75, 3.05) is 45.9 Å². The van der Waals surface area contributed by atoms with Crippen molar-refractivity contribution in [3.8, 4) is 0 Å².